The Morgan fingerprint density at radius 1 is 1.00 bits per heavy atom. The van der Waals surface area contributed by atoms with E-state index in [0.29, 0.717) is 12.2 Å². The smallest absolute Gasteiger partial charge is 0.240 e. The third-order valence-electron chi connectivity index (χ3n) is 7.78. The van der Waals surface area contributed by atoms with E-state index in [1.54, 1.807) is 12.1 Å². The molecule has 1 N–H and O–H groups in total. The molecule has 0 bridgehead atoms. The standard InChI is InChI=1S/C29H29NO5S.H2/c1-19-5-6-20(16-28(31)29(13-14-29)22-9-12-26-27(17-22)35-18-34-26)15-25(19)21-7-10-24(11-8-21)36(32,33)30-23-3-2-4-23;/h5-12,15,17,23,30H,2-4,13-14,16,18H2,1H3;1H. The Hall–Kier alpha value is -3.16. The van der Waals surface area contributed by atoms with Gasteiger partial charge in [0.2, 0.25) is 16.8 Å². The number of carbonyl (C=O) groups is 1. The Morgan fingerprint density at radius 3 is 2.44 bits per heavy atom. The molecule has 6 nitrogen and oxygen atoms in total. The fourth-order valence-corrected chi connectivity index (χ4v) is 6.42. The van der Waals surface area contributed by atoms with Crippen LogP contribution in [0, 0.1) is 6.92 Å². The molecule has 7 heteroatoms. The molecule has 2 fully saturated rings. The molecule has 0 amide bonds. The number of fused-ring (bicyclic) bond motifs is 1. The Labute approximate surface area is 213 Å². The number of nitrogens with one attached hydrogen (secondary N) is 1. The first-order valence-corrected chi connectivity index (χ1v) is 14.0. The van der Waals surface area contributed by atoms with Crippen LogP contribution in [0.3, 0.4) is 0 Å². The number of rotatable bonds is 8. The van der Waals surface area contributed by atoms with E-state index in [4.69, 9.17) is 9.47 Å². The van der Waals surface area contributed by atoms with Gasteiger partial charge in [0.05, 0.1) is 10.3 Å². The normalized spacial score (nSPS) is 18.0. The summed E-state index contributed by atoms with van der Waals surface area (Å²) in [5.41, 5.74) is 4.51. The number of carbonyl (C=O) groups excluding carboxylic acids is 1. The molecular weight excluding hydrogens is 474 g/mol. The number of Topliss-reactive ketones (excluding diaryl/α,β-unsaturated/α-hetero) is 1. The zero-order valence-electron chi connectivity index (χ0n) is 20.3. The average Bonchev–Trinajstić information content (AvgIpc) is 3.53. The molecule has 0 radical (unpaired) electrons. The summed E-state index contributed by atoms with van der Waals surface area (Å²) >= 11 is 0. The number of hydrogen-bond donors (Lipinski definition) is 1. The second kappa shape index (κ2) is 8.75. The summed E-state index contributed by atoms with van der Waals surface area (Å²) in [6.45, 7) is 2.24. The van der Waals surface area contributed by atoms with E-state index < -0.39 is 15.4 Å². The van der Waals surface area contributed by atoms with Gasteiger partial charge in [-0.3, -0.25) is 4.79 Å². The van der Waals surface area contributed by atoms with Crippen LogP contribution in [0.1, 0.15) is 50.2 Å². The Morgan fingerprint density at radius 2 is 1.75 bits per heavy atom. The van der Waals surface area contributed by atoms with Gasteiger partial charge in [0.25, 0.3) is 0 Å². The van der Waals surface area contributed by atoms with Crippen molar-refractivity contribution in [1.82, 2.24) is 4.72 Å². The Balaban J connectivity index is 0.00000280. The van der Waals surface area contributed by atoms with Crippen LogP contribution < -0.4 is 14.2 Å². The van der Waals surface area contributed by atoms with Crippen molar-refractivity contribution in [2.24, 2.45) is 0 Å². The second-order valence-electron chi connectivity index (χ2n) is 10.2. The molecule has 3 aromatic carbocycles. The van der Waals surface area contributed by atoms with Crippen LogP contribution in [0.4, 0.5) is 0 Å². The van der Waals surface area contributed by atoms with E-state index in [1.165, 1.54) is 0 Å². The lowest BCUT2D eigenvalue weighted by atomic mass is 9.87. The molecule has 188 valence electrons. The molecule has 6 rings (SSSR count). The summed E-state index contributed by atoms with van der Waals surface area (Å²) in [7, 11) is -3.50. The molecule has 0 spiro atoms. The summed E-state index contributed by atoms with van der Waals surface area (Å²) < 4.78 is 39.0. The number of hydrogen-bond acceptors (Lipinski definition) is 5. The zero-order chi connectivity index (χ0) is 24.9. The van der Waals surface area contributed by atoms with E-state index in [-0.39, 0.29) is 24.9 Å². The molecular formula is C29H31NO5S. The van der Waals surface area contributed by atoms with Gasteiger partial charge >= 0.3 is 0 Å². The van der Waals surface area contributed by atoms with Gasteiger partial charge in [-0.1, -0.05) is 42.8 Å². The molecule has 2 saturated carbocycles. The molecule has 3 aliphatic rings. The van der Waals surface area contributed by atoms with Crippen LogP contribution in [0.25, 0.3) is 11.1 Å². The Kier molecular flexibility index (Phi) is 5.65. The predicted octanol–water partition coefficient (Wildman–Crippen LogP) is 5.31. The number of sulfonamides is 1. The van der Waals surface area contributed by atoms with Crippen LogP contribution in [-0.4, -0.2) is 27.0 Å². The molecule has 2 aliphatic carbocycles. The maximum absolute atomic E-state index is 13.5. The molecule has 36 heavy (non-hydrogen) atoms. The first-order chi connectivity index (χ1) is 17.3. The predicted molar refractivity (Wildman–Crippen MR) is 139 cm³/mol. The van der Waals surface area contributed by atoms with Gasteiger partial charge in [0, 0.05) is 13.9 Å². The molecule has 0 unspecified atom stereocenters. The highest BCUT2D eigenvalue weighted by atomic mass is 32.2. The largest absolute Gasteiger partial charge is 0.454 e. The minimum Gasteiger partial charge on any atom is -0.454 e. The maximum atomic E-state index is 13.5. The van der Waals surface area contributed by atoms with Crippen molar-refractivity contribution < 1.29 is 24.1 Å². The molecule has 0 aromatic heterocycles. The van der Waals surface area contributed by atoms with Crippen LogP contribution in [0.15, 0.2) is 65.6 Å². The van der Waals surface area contributed by atoms with Crippen LogP contribution >= 0.6 is 0 Å². The molecule has 1 aliphatic heterocycles. The van der Waals surface area contributed by atoms with Crippen molar-refractivity contribution in [2.45, 2.75) is 61.8 Å². The lowest BCUT2D eigenvalue weighted by Crippen LogP contribution is -2.39. The van der Waals surface area contributed by atoms with Crippen LogP contribution in [-0.2, 0) is 26.7 Å². The Bertz CT molecular complexity index is 1440. The topological polar surface area (TPSA) is 81.7 Å². The molecule has 0 atom stereocenters. The average molecular weight is 506 g/mol. The SMILES string of the molecule is Cc1ccc(CC(=O)C2(c3ccc4c(c3)OCO4)CC2)cc1-c1ccc(S(=O)(=O)NC2CCC2)cc1.[HH]. The fraction of sp³-hybridized carbons (Fsp3) is 0.345. The summed E-state index contributed by atoms with van der Waals surface area (Å²) in [5.74, 6) is 1.64. The maximum Gasteiger partial charge on any atom is 0.240 e. The summed E-state index contributed by atoms with van der Waals surface area (Å²) in [5, 5.41) is 0. The highest BCUT2D eigenvalue weighted by molar-refractivity contribution is 7.89. The minimum atomic E-state index is -3.50. The van der Waals surface area contributed by atoms with Gasteiger partial charge in [-0.15, -0.1) is 0 Å². The van der Waals surface area contributed by atoms with Gasteiger partial charge in [-0.05, 0) is 84.7 Å². The van der Waals surface area contributed by atoms with Crippen molar-refractivity contribution in [2.75, 3.05) is 6.79 Å². The minimum absolute atomic E-state index is 0. The van der Waals surface area contributed by atoms with E-state index in [0.717, 1.165) is 65.7 Å². The zero-order valence-corrected chi connectivity index (χ0v) is 21.1. The van der Waals surface area contributed by atoms with Gasteiger partial charge in [0.1, 0.15) is 5.78 Å². The first kappa shape index (κ1) is 23.3. The number of ether oxygens (including phenoxy) is 2. The van der Waals surface area contributed by atoms with Crippen molar-refractivity contribution in [3.63, 3.8) is 0 Å². The third-order valence-corrected chi connectivity index (χ3v) is 9.31. The highest BCUT2D eigenvalue weighted by Gasteiger charge is 2.50. The fourth-order valence-electron chi connectivity index (χ4n) is 5.12. The monoisotopic (exact) mass is 505 g/mol. The molecule has 1 heterocycles. The van der Waals surface area contributed by atoms with Gasteiger partial charge < -0.3 is 9.47 Å². The first-order valence-electron chi connectivity index (χ1n) is 12.5. The number of aryl methyl sites for hydroxylation is 1. The van der Waals surface area contributed by atoms with Crippen molar-refractivity contribution in [3.05, 3.63) is 77.4 Å². The van der Waals surface area contributed by atoms with Gasteiger partial charge in [0.15, 0.2) is 11.5 Å². The van der Waals surface area contributed by atoms with Crippen molar-refractivity contribution >= 4 is 15.8 Å². The number of ketones is 1. The third kappa shape index (κ3) is 4.20. The van der Waals surface area contributed by atoms with E-state index in [1.807, 2.05) is 49.4 Å². The van der Waals surface area contributed by atoms with Gasteiger partial charge in [-0.2, -0.15) is 0 Å². The highest BCUT2D eigenvalue weighted by Crippen LogP contribution is 2.51. The molecule has 0 saturated heterocycles. The lowest BCUT2D eigenvalue weighted by molar-refractivity contribution is -0.120. The lowest BCUT2D eigenvalue weighted by Gasteiger charge is -2.26. The van der Waals surface area contributed by atoms with Crippen molar-refractivity contribution in [1.29, 1.82) is 0 Å². The quantitative estimate of drug-likeness (QED) is 0.449. The summed E-state index contributed by atoms with van der Waals surface area (Å²) in [6, 6.07) is 19.0. The van der Waals surface area contributed by atoms with E-state index in [9.17, 15) is 13.2 Å². The van der Waals surface area contributed by atoms with Crippen molar-refractivity contribution in [3.8, 4) is 22.6 Å². The van der Waals surface area contributed by atoms with E-state index in [2.05, 4.69) is 10.8 Å². The van der Waals surface area contributed by atoms with E-state index >= 15 is 0 Å². The molecule has 3 aromatic rings. The van der Waals surface area contributed by atoms with Crippen LogP contribution in [0.2, 0.25) is 0 Å². The summed E-state index contributed by atoms with van der Waals surface area (Å²) in [4.78, 5) is 13.7. The van der Waals surface area contributed by atoms with Gasteiger partial charge in [-0.25, -0.2) is 13.1 Å². The second-order valence-corrected chi connectivity index (χ2v) is 11.9. The summed E-state index contributed by atoms with van der Waals surface area (Å²) in [6.07, 6.45) is 4.90. The number of benzene rings is 3. The van der Waals surface area contributed by atoms with Crippen LogP contribution in [0.5, 0.6) is 11.5 Å².